The number of nitrogens with one attached hydrogen (secondary N) is 1. The maximum atomic E-state index is 12.2. The van der Waals surface area contributed by atoms with E-state index in [-0.39, 0.29) is 0 Å². The van der Waals surface area contributed by atoms with Gasteiger partial charge >= 0.3 is 5.25 Å². The minimum Gasteiger partial charge on any atom is -0.305 e. The lowest BCUT2D eigenvalue weighted by Crippen LogP contribution is -2.42. The Morgan fingerprint density at radius 2 is 1.92 bits per heavy atom. The van der Waals surface area contributed by atoms with Gasteiger partial charge in [0, 0.05) is 0 Å². The predicted molar refractivity (Wildman–Crippen MR) is 38.6 cm³/mol. The summed E-state index contributed by atoms with van der Waals surface area (Å²) < 4.78 is 75.8. The highest BCUT2D eigenvalue weighted by Crippen LogP contribution is 2.20. The summed E-state index contributed by atoms with van der Waals surface area (Å²) in [7, 11) is -5.22. The second-order valence-corrected chi connectivity index (χ2v) is 4.71. The number of sulfonamides is 1. The van der Waals surface area contributed by atoms with Crippen LogP contribution in [0.15, 0.2) is 0 Å². The predicted octanol–water partition coefficient (Wildman–Crippen LogP) is -0.353. The zero-order valence-corrected chi connectivity index (χ0v) is 7.67. The van der Waals surface area contributed by atoms with Crippen molar-refractivity contribution in [1.82, 2.24) is 4.72 Å². The molecule has 0 amide bonds. The Kier molecular flexibility index (Phi) is 4.29. The fraction of sp³-hybridized carbons (Fsp3) is 1.00. The van der Waals surface area contributed by atoms with Crippen LogP contribution in [-0.2, 0) is 21.1 Å². The fourth-order valence-corrected chi connectivity index (χ4v) is 1.68. The molecule has 0 saturated heterocycles. The summed E-state index contributed by atoms with van der Waals surface area (Å²) in [6.07, 6.45) is 0. The molecule has 0 aliphatic rings. The lowest BCUT2D eigenvalue weighted by Gasteiger charge is -2.12. The first kappa shape index (κ1) is 12.8. The van der Waals surface area contributed by atoms with Crippen molar-refractivity contribution in [1.29, 1.82) is 0 Å². The zero-order chi connectivity index (χ0) is 10.7. The standard InChI is InChI=1S/C3H6F3NO4S2/c4-1-3(5,6)13(10,11)7-2-12(8)9/h7H,1-2H2,(H,8,9). The van der Waals surface area contributed by atoms with E-state index in [9.17, 15) is 25.8 Å². The lowest BCUT2D eigenvalue weighted by atomic mass is 10.8. The Hall–Kier alpha value is -0.190. The molecule has 0 aromatic heterocycles. The molecular formula is C3H6F3NO4S2. The third kappa shape index (κ3) is 3.58. The highest BCUT2D eigenvalue weighted by Gasteiger charge is 2.45. The van der Waals surface area contributed by atoms with Crippen LogP contribution in [0.3, 0.4) is 0 Å². The van der Waals surface area contributed by atoms with Gasteiger partial charge in [0.15, 0.2) is 17.8 Å². The van der Waals surface area contributed by atoms with Gasteiger partial charge < -0.3 is 4.55 Å². The van der Waals surface area contributed by atoms with Crippen LogP contribution in [0.25, 0.3) is 0 Å². The van der Waals surface area contributed by atoms with Crippen LogP contribution in [0, 0.1) is 0 Å². The molecule has 0 saturated carbocycles. The Balaban J connectivity index is 4.50. The van der Waals surface area contributed by atoms with E-state index < -0.39 is 38.9 Å². The maximum Gasteiger partial charge on any atom is 0.386 e. The van der Waals surface area contributed by atoms with Gasteiger partial charge in [-0.1, -0.05) is 0 Å². The average molecular weight is 241 g/mol. The van der Waals surface area contributed by atoms with E-state index in [0.29, 0.717) is 0 Å². The van der Waals surface area contributed by atoms with Crippen molar-refractivity contribution in [3.05, 3.63) is 0 Å². The Labute approximate surface area is 74.7 Å². The number of hydrogen-bond acceptors (Lipinski definition) is 3. The molecule has 0 bridgehead atoms. The van der Waals surface area contributed by atoms with Crippen LogP contribution in [0.1, 0.15) is 0 Å². The van der Waals surface area contributed by atoms with E-state index in [2.05, 4.69) is 0 Å². The van der Waals surface area contributed by atoms with Crippen molar-refractivity contribution in [2.75, 3.05) is 12.6 Å². The van der Waals surface area contributed by atoms with Gasteiger partial charge in [-0.15, -0.1) is 0 Å². The fourth-order valence-electron chi connectivity index (χ4n) is 0.305. The monoisotopic (exact) mass is 241 g/mol. The molecule has 0 fully saturated rings. The van der Waals surface area contributed by atoms with E-state index in [4.69, 9.17) is 4.55 Å². The highest BCUT2D eigenvalue weighted by molar-refractivity contribution is 7.91. The average Bonchev–Trinajstić information content (AvgIpc) is 2.01. The summed E-state index contributed by atoms with van der Waals surface area (Å²) in [4.78, 5) is 0. The van der Waals surface area contributed by atoms with E-state index in [1.807, 2.05) is 0 Å². The van der Waals surface area contributed by atoms with Gasteiger partial charge in [0.05, 0.1) is 0 Å². The van der Waals surface area contributed by atoms with Crippen molar-refractivity contribution < 1.29 is 30.4 Å². The van der Waals surface area contributed by atoms with Crippen LogP contribution in [0.2, 0.25) is 0 Å². The molecule has 13 heavy (non-hydrogen) atoms. The number of halogens is 3. The topological polar surface area (TPSA) is 83.5 Å². The van der Waals surface area contributed by atoms with E-state index in [1.54, 1.807) is 0 Å². The molecule has 0 aliphatic heterocycles. The summed E-state index contributed by atoms with van der Waals surface area (Å²) in [5.74, 6) is -1.10. The van der Waals surface area contributed by atoms with Gasteiger partial charge in [-0.05, 0) is 0 Å². The molecule has 0 aromatic carbocycles. The van der Waals surface area contributed by atoms with E-state index in [0.717, 1.165) is 4.72 Å². The van der Waals surface area contributed by atoms with Crippen molar-refractivity contribution >= 4 is 21.1 Å². The minimum atomic E-state index is -5.22. The Morgan fingerprint density at radius 3 is 2.23 bits per heavy atom. The van der Waals surface area contributed by atoms with E-state index in [1.165, 1.54) is 0 Å². The van der Waals surface area contributed by atoms with E-state index >= 15 is 0 Å². The molecule has 0 heterocycles. The van der Waals surface area contributed by atoms with Crippen LogP contribution >= 0.6 is 0 Å². The first-order chi connectivity index (χ1) is 5.73. The second kappa shape index (κ2) is 4.35. The van der Waals surface area contributed by atoms with Crippen LogP contribution in [-0.4, -0.2) is 35.0 Å². The van der Waals surface area contributed by atoms with Crippen molar-refractivity contribution in [2.24, 2.45) is 0 Å². The normalized spacial score (nSPS) is 15.7. The van der Waals surface area contributed by atoms with Crippen molar-refractivity contribution in [2.45, 2.75) is 5.25 Å². The van der Waals surface area contributed by atoms with Gasteiger partial charge in [-0.3, -0.25) is 0 Å². The molecule has 2 N–H and O–H groups in total. The first-order valence-corrected chi connectivity index (χ1v) is 5.49. The molecule has 0 aliphatic carbocycles. The second-order valence-electron chi connectivity index (χ2n) is 1.88. The molecular weight excluding hydrogens is 235 g/mol. The molecule has 10 heteroatoms. The molecule has 0 radical (unpaired) electrons. The molecule has 0 spiro atoms. The molecule has 1 atom stereocenters. The van der Waals surface area contributed by atoms with Crippen LogP contribution in [0.5, 0.6) is 0 Å². The quantitative estimate of drug-likeness (QED) is 0.644. The van der Waals surface area contributed by atoms with Gasteiger partial charge in [-0.25, -0.2) is 17.0 Å². The Bertz CT molecular complexity index is 289. The Morgan fingerprint density at radius 1 is 1.46 bits per heavy atom. The third-order valence-electron chi connectivity index (χ3n) is 0.921. The highest BCUT2D eigenvalue weighted by atomic mass is 32.2. The SMILES string of the molecule is O=S(O)CNS(=O)(=O)C(F)(F)CF. The lowest BCUT2D eigenvalue weighted by molar-refractivity contribution is 0.0608. The van der Waals surface area contributed by atoms with Crippen molar-refractivity contribution in [3.63, 3.8) is 0 Å². The van der Waals surface area contributed by atoms with Gasteiger partial charge in [0.2, 0.25) is 0 Å². The summed E-state index contributed by atoms with van der Waals surface area (Å²) in [5, 5.41) is -4.58. The third-order valence-corrected chi connectivity index (χ3v) is 2.91. The summed E-state index contributed by atoms with van der Waals surface area (Å²) >= 11 is -2.59. The van der Waals surface area contributed by atoms with Gasteiger partial charge in [-0.2, -0.15) is 13.5 Å². The van der Waals surface area contributed by atoms with Gasteiger partial charge in [0.1, 0.15) is 5.88 Å². The maximum absolute atomic E-state index is 12.2. The van der Waals surface area contributed by atoms with Crippen molar-refractivity contribution in [3.8, 4) is 0 Å². The first-order valence-electron chi connectivity index (χ1n) is 2.73. The number of hydrogen-bond donors (Lipinski definition) is 2. The molecule has 1 unspecified atom stereocenters. The summed E-state index contributed by atoms with van der Waals surface area (Å²) in [5.41, 5.74) is 0. The zero-order valence-electron chi connectivity index (χ0n) is 6.04. The minimum absolute atomic E-state index is 1.08. The smallest absolute Gasteiger partial charge is 0.305 e. The number of alkyl halides is 3. The largest absolute Gasteiger partial charge is 0.386 e. The molecule has 0 rings (SSSR count). The van der Waals surface area contributed by atoms with Crippen LogP contribution < -0.4 is 4.72 Å². The summed E-state index contributed by atoms with van der Waals surface area (Å²) in [6.45, 7) is -2.39. The summed E-state index contributed by atoms with van der Waals surface area (Å²) in [6, 6.07) is 0. The molecule has 80 valence electrons. The molecule has 5 nitrogen and oxygen atoms in total. The molecule has 0 aromatic rings. The van der Waals surface area contributed by atoms with Gasteiger partial charge in [0.25, 0.3) is 10.0 Å². The van der Waals surface area contributed by atoms with Crippen LogP contribution in [0.4, 0.5) is 13.2 Å². The number of rotatable bonds is 5.